The highest BCUT2D eigenvalue weighted by Crippen LogP contribution is 2.34. The van der Waals surface area contributed by atoms with Crippen molar-refractivity contribution in [2.75, 3.05) is 50.1 Å². The third-order valence-corrected chi connectivity index (χ3v) is 6.18. The molecule has 1 aliphatic rings. The molecule has 3 aromatic rings. The lowest BCUT2D eigenvalue weighted by Gasteiger charge is -2.15. The van der Waals surface area contributed by atoms with Crippen LogP contribution in [-0.2, 0) is 9.53 Å². The highest BCUT2D eigenvalue weighted by Gasteiger charge is 2.23. The number of aliphatic hydroxyl groups excluding tert-OH is 1. The molecule has 1 amide bonds. The van der Waals surface area contributed by atoms with Crippen molar-refractivity contribution >= 4 is 45.6 Å². The molecule has 202 valence electrons. The SMILES string of the molecule is CCOc1cc2ncnc(Nc3ccc(F)c(Cl)c3)c2cc1NC(=O)/C(F)=C/CN1CC[C@@H](OCCO)C1. The van der Waals surface area contributed by atoms with E-state index in [4.69, 9.17) is 26.2 Å². The molecule has 1 aliphatic heterocycles. The second-order valence-corrected chi connectivity index (χ2v) is 8.95. The molecule has 1 fully saturated rings. The zero-order valence-corrected chi connectivity index (χ0v) is 21.5. The van der Waals surface area contributed by atoms with Crippen LogP contribution in [0.2, 0.25) is 5.02 Å². The van der Waals surface area contributed by atoms with E-state index in [9.17, 15) is 13.6 Å². The number of fused-ring (bicyclic) bond motifs is 1. The molecular weight excluding hydrogens is 520 g/mol. The van der Waals surface area contributed by atoms with Crippen molar-refractivity contribution in [3.05, 3.63) is 59.4 Å². The molecule has 0 radical (unpaired) electrons. The van der Waals surface area contributed by atoms with E-state index in [2.05, 4.69) is 20.6 Å². The predicted octanol–water partition coefficient (Wildman–Crippen LogP) is 4.44. The summed E-state index contributed by atoms with van der Waals surface area (Å²) < 4.78 is 39.5. The molecule has 0 unspecified atom stereocenters. The Kier molecular flexibility index (Phi) is 9.40. The fourth-order valence-corrected chi connectivity index (χ4v) is 4.25. The van der Waals surface area contributed by atoms with Crippen molar-refractivity contribution in [3.63, 3.8) is 0 Å². The minimum atomic E-state index is -0.934. The second-order valence-electron chi connectivity index (χ2n) is 8.55. The summed E-state index contributed by atoms with van der Waals surface area (Å²) in [6.45, 7) is 3.86. The lowest BCUT2D eigenvalue weighted by Crippen LogP contribution is -2.25. The summed E-state index contributed by atoms with van der Waals surface area (Å²) >= 11 is 5.89. The summed E-state index contributed by atoms with van der Waals surface area (Å²) in [5, 5.41) is 15.0. The molecule has 0 spiro atoms. The van der Waals surface area contributed by atoms with Gasteiger partial charge in [-0.1, -0.05) is 11.6 Å². The van der Waals surface area contributed by atoms with Crippen molar-refractivity contribution in [1.29, 1.82) is 0 Å². The van der Waals surface area contributed by atoms with Gasteiger partial charge in [0.1, 0.15) is 23.7 Å². The van der Waals surface area contributed by atoms with E-state index >= 15 is 0 Å². The number of hydrogen-bond acceptors (Lipinski definition) is 8. The van der Waals surface area contributed by atoms with E-state index in [0.717, 1.165) is 6.42 Å². The molecule has 9 nitrogen and oxygen atoms in total. The van der Waals surface area contributed by atoms with Gasteiger partial charge in [0, 0.05) is 36.8 Å². The van der Waals surface area contributed by atoms with Crippen molar-refractivity contribution in [2.24, 2.45) is 0 Å². The van der Waals surface area contributed by atoms with Crippen LogP contribution >= 0.6 is 11.6 Å². The first-order valence-electron chi connectivity index (χ1n) is 12.1. The Bertz CT molecular complexity index is 1330. The summed E-state index contributed by atoms with van der Waals surface area (Å²) in [6.07, 6.45) is 3.33. The van der Waals surface area contributed by atoms with Crippen molar-refractivity contribution < 1.29 is 28.2 Å². The molecule has 2 aromatic carbocycles. The number of halogens is 3. The number of likely N-dealkylation sites (tertiary alicyclic amines) is 1. The van der Waals surface area contributed by atoms with E-state index in [1.807, 2.05) is 4.90 Å². The molecule has 38 heavy (non-hydrogen) atoms. The van der Waals surface area contributed by atoms with Gasteiger partial charge in [0.2, 0.25) is 0 Å². The fourth-order valence-electron chi connectivity index (χ4n) is 4.07. The maximum atomic E-state index is 14.7. The minimum absolute atomic E-state index is 0.0188. The highest BCUT2D eigenvalue weighted by molar-refractivity contribution is 6.31. The van der Waals surface area contributed by atoms with Crippen LogP contribution in [0.15, 0.2) is 48.6 Å². The first kappa shape index (κ1) is 27.6. The molecule has 12 heteroatoms. The largest absolute Gasteiger partial charge is 0.492 e. The number of nitrogens with one attached hydrogen (secondary N) is 2. The molecule has 2 heterocycles. The number of ether oxygens (including phenoxy) is 2. The van der Waals surface area contributed by atoms with E-state index < -0.39 is 17.6 Å². The van der Waals surface area contributed by atoms with Gasteiger partial charge in [-0.25, -0.2) is 18.7 Å². The van der Waals surface area contributed by atoms with Crippen LogP contribution in [0.4, 0.5) is 26.0 Å². The molecule has 3 N–H and O–H groups in total. The topological polar surface area (TPSA) is 109 Å². The van der Waals surface area contributed by atoms with Crippen LogP contribution in [0.3, 0.4) is 0 Å². The Balaban J connectivity index is 1.52. The lowest BCUT2D eigenvalue weighted by molar-refractivity contribution is -0.114. The van der Waals surface area contributed by atoms with E-state index in [0.29, 0.717) is 47.9 Å². The smallest absolute Gasteiger partial charge is 0.284 e. The molecular formula is C26H28ClF2N5O4. The van der Waals surface area contributed by atoms with Gasteiger partial charge < -0.3 is 25.2 Å². The zero-order valence-electron chi connectivity index (χ0n) is 20.7. The fraction of sp³-hybridized carbons (Fsp3) is 0.346. The molecule has 1 atom stereocenters. The summed E-state index contributed by atoms with van der Waals surface area (Å²) in [5.41, 5.74) is 1.25. The van der Waals surface area contributed by atoms with Gasteiger partial charge in [-0.2, -0.15) is 0 Å². The Hall–Kier alpha value is -3.38. The summed E-state index contributed by atoms with van der Waals surface area (Å²) in [5.74, 6) is -1.71. The Morgan fingerprint density at radius 2 is 2.16 bits per heavy atom. The minimum Gasteiger partial charge on any atom is -0.492 e. The third-order valence-electron chi connectivity index (χ3n) is 5.89. The summed E-state index contributed by atoms with van der Waals surface area (Å²) in [6, 6.07) is 7.36. The maximum absolute atomic E-state index is 14.7. The van der Waals surface area contributed by atoms with Gasteiger partial charge in [-0.3, -0.25) is 9.69 Å². The second kappa shape index (κ2) is 12.9. The molecule has 1 aromatic heterocycles. The van der Waals surface area contributed by atoms with Gasteiger partial charge >= 0.3 is 0 Å². The van der Waals surface area contributed by atoms with E-state index in [1.54, 1.807) is 19.1 Å². The molecule has 4 rings (SSSR count). The van der Waals surface area contributed by atoms with Crippen LogP contribution in [0.5, 0.6) is 5.75 Å². The number of aromatic nitrogens is 2. The van der Waals surface area contributed by atoms with Crippen LogP contribution in [0.25, 0.3) is 10.9 Å². The summed E-state index contributed by atoms with van der Waals surface area (Å²) in [4.78, 5) is 23.2. The van der Waals surface area contributed by atoms with Crippen LogP contribution in [-0.4, -0.2) is 71.4 Å². The monoisotopic (exact) mass is 547 g/mol. The van der Waals surface area contributed by atoms with Crippen molar-refractivity contribution in [3.8, 4) is 5.75 Å². The normalized spacial score (nSPS) is 16.1. The highest BCUT2D eigenvalue weighted by atomic mass is 35.5. The Morgan fingerprint density at radius 1 is 1.32 bits per heavy atom. The predicted molar refractivity (Wildman–Crippen MR) is 141 cm³/mol. The standard InChI is InChI=1S/C26H28ClF2N5O4/c1-2-37-24-13-22-18(25(31-15-30-22)32-16-3-4-20(28)19(27)11-16)12-23(24)33-26(36)21(29)6-8-34-7-5-17(14-34)38-10-9-35/h3-4,6,11-13,15,17,35H,2,5,7-10,14H2,1H3,(H,33,36)(H,30,31,32)/b21-6-/t17-/m1/s1. The van der Waals surface area contributed by atoms with Crippen LogP contribution < -0.4 is 15.4 Å². The van der Waals surface area contributed by atoms with Crippen molar-refractivity contribution in [1.82, 2.24) is 14.9 Å². The quantitative estimate of drug-likeness (QED) is 0.302. The third kappa shape index (κ3) is 6.93. The number of aliphatic hydroxyl groups is 1. The van der Waals surface area contributed by atoms with Crippen molar-refractivity contribution in [2.45, 2.75) is 19.4 Å². The number of carbonyl (C=O) groups is 1. The first-order valence-corrected chi connectivity index (χ1v) is 12.5. The van der Waals surface area contributed by atoms with Gasteiger partial charge in [0.05, 0.1) is 42.2 Å². The number of anilines is 3. The van der Waals surface area contributed by atoms with Crippen LogP contribution in [0, 0.1) is 5.82 Å². The molecule has 0 saturated carbocycles. The Morgan fingerprint density at radius 3 is 2.92 bits per heavy atom. The molecule has 1 saturated heterocycles. The van der Waals surface area contributed by atoms with Gasteiger partial charge in [-0.05, 0) is 43.7 Å². The first-order chi connectivity index (χ1) is 18.4. The maximum Gasteiger partial charge on any atom is 0.284 e. The van der Waals surface area contributed by atoms with E-state index in [-0.39, 0.29) is 36.6 Å². The van der Waals surface area contributed by atoms with Gasteiger partial charge in [0.15, 0.2) is 5.83 Å². The molecule has 0 aliphatic carbocycles. The number of rotatable bonds is 11. The lowest BCUT2D eigenvalue weighted by atomic mass is 10.1. The van der Waals surface area contributed by atoms with Crippen LogP contribution in [0.1, 0.15) is 13.3 Å². The Labute approximate surface area is 223 Å². The van der Waals surface area contributed by atoms with Gasteiger partial charge in [0.25, 0.3) is 5.91 Å². The molecule has 0 bridgehead atoms. The number of hydrogen-bond donors (Lipinski definition) is 3. The average Bonchev–Trinajstić information content (AvgIpc) is 3.36. The average molecular weight is 548 g/mol. The van der Waals surface area contributed by atoms with E-state index in [1.165, 1.54) is 30.6 Å². The number of benzene rings is 2. The number of amides is 1. The van der Waals surface area contributed by atoms with Gasteiger partial charge in [-0.15, -0.1) is 0 Å². The number of nitrogens with zero attached hydrogens (tertiary/aromatic N) is 3. The zero-order chi connectivity index (χ0) is 27.1. The summed E-state index contributed by atoms with van der Waals surface area (Å²) in [7, 11) is 0. The number of carbonyl (C=O) groups excluding carboxylic acids is 1.